The highest BCUT2D eigenvalue weighted by Crippen LogP contribution is 2.22. The van der Waals surface area contributed by atoms with E-state index in [9.17, 15) is 4.79 Å². The van der Waals surface area contributed by atoms with Gasteiger partial charge in [-0.05, 0) is 43.0 Å². The largest absolute Gasteiger partial charge is 0.390 e. The van der Waals surface area contributed by atoms with E-state index in [1.807, 2.05) is 62.4 Å². The van der Waals surface area contributed by atoms with Gasteiger partial charge in [0, 0.05) is 18.7 Å². The molecule has 0 aromatic heterocycles. The van der Waals surface area contributed by atoms with E-state index in [-0.39, 0.29) is 12.1 Å². The highest BCUT2D eigenvalue weighted by Gasteiger charge is 2.27. The van der Waals surface area contributed by atoms with Crippen molar-refractivity contribution in [2.75, 3.05) is 11.9 Å². The lowest BCUT2D eigenvalue weighted by Crippen LogP contribution is -2.40. The summed E-state index contributed by atoms with van der Waals surface area (Å²) in [4.78, 5) is 20.9. The maximum Gasteiger partial charge on any atom is 0.322 e. The number of oxime groups is 1. The summed E-state index contributed by atoms with van der Waals surface area (Å²) in [7, 11) is 0. The Balaban J connectivity index is 1.48. The molecule has 1 N–H and O–H groups in total. The van der Waals surface area contributed by atoms with Gasteiger partial charge >= 0.3 is 6.03 Å². The normalized spacial score (nSPS) is 15.1. The molecule has 5 heteroatoms. The van der Waals surface area contributed by atoms with Gasteiger partial charge in [0.1, 0.15) is 0 Å². The van der Waals surface area contributed by atoms with E-state index in [0.29, 0.717) is 19.5 Å². The standard InChI is InChI=1S/C27H29N3O2/c1-19-12-14-23(15-13-19)25-16-24(32-29-25)18-30(17-22-10-5-4-6-11-22)27(31)28-26-20(2)8-7-9-21(26)3/h4-15,24H,16-18H2,1-3H3,(H,28,31). The van der Waals surface area contributed by atoms with E-state index >= 15 is 0 Å². The van der Waals surface area contributed by atoms with Gasteiger partial charge in [-0.1, -0.05) is 83.5 Å². The molecule has 164 valence electrons. The number of rotatable bonds is 6. The van der Waals surface area contributed by atoms with Gasteiger partial charge in [-0.15, -0.1) is 0 Å². The van der Waals surface area contributed by atoms with Crippen LogP contribution in [0, 0.1) is 20.8 Å². The van der Waals surface area contributed by atoms with Crippen molar-refractivity contribution in [1.82, 2.24) is 4.90 Å². The van der Waals surface area contributed by atoms with Crippen molar-refractivity contribution in [1.29, 1.82) is 0 Å². The van der Waals surface area contributed by atoms with Gasteiger partial charge in [-0.2, -0.15) is 0 Å². The smallest absolute Gasteiger partial charge is 0.322 e. The molecule has 32 heavy (non-hydrogen) atoms. The second kappa shape index (κ2) is 9.69. The van der Waals surface area contributed by atoms with Crippen LogP contribution in [0.4, 0.5) is 10.5 Å². The van der Waals surface area contributed by atoms with Gasteiger partial charge in [0.2, 0.25) is 0 Å². The fraction of sp³-hybridized carbons (Fsp3) is 0.259. The van der Waals surface area contributed by atoms with Crippen molar-refractivity contribution < 1.29 is 9.63 Å². The molecule has 0 bridgehead atoms. The maximum absolute atomic E-state index is 13.3. The SMILES string of the molecule is Cc1ccc(C2=NOC(CN(Cc3ccccc3)C(=O)Nc3c(C)cccc3C)C2)cc1. The van der Waals surface area contributed by atoms with Crippen LogP contribution in [0.3, 0.4) is 0 Å². The minimum Gasteiger partial charge on any atom is -0.390 e. The van der Waals surface area contributed by atoms with E-state index in [1.54, 1.807) is 4.90 Å². The predicted molar refractivity (Wildman–Crippen MR) is 129 cm³/mol. The summed E-state index contributed by atoms with van der Waals surface area (Å²) in [5.74, 6) is 0. The summed E-state index contributed by atoms with van der Waals surface area (Å²) < 4.78 is 0. The zero-order valence-corrected chi connectivity index (χ0v) is 18.8. The summed E-state index contributed by atoms with van der Waals surface area (Å²) in [6.45, 7) is 7.02. The molecule has 0 saturated heterocycles. The molecule has 3 aromatic carbocycles. The fourth-order valence-corrected chi connectivity index (χ4v) is 3.91. The molecule has 5 nitrogen and oxygen atoms in total. The van der Waals surface area contributed by atoms with Gasteiger partial charge in [-0.3, -0.25) is 0 Å². The molecule has 3 aromatic rings. The Hall–Kier alpha value is -3.60. The van der Waals surface area contributed by atoms with Crippen molar-refractivity contribution in [3.63, 3.8) is 0 Å². The first-order valence-corrected chi connectivity index (χ1v) is 11.0. The van der Waals surface area contributed by atoms with E-state index in [2.05, 4.69) is 41.7 Å². The first-order valence-electron chi connectivity index (χ1n) is 11.0. The van der Waals surface area contributed by atoms with Crippen LogP contribution in [0.5, 0.6) is 0 Å². The molecule has 0 radical (unpaired) electrons. The highest BCUT2D eigenvalue weighted by molar-refractivity contribution is 6.01. The quantitative estimate of drug-likeness (QED) is 0.537. The summed E-state index contributed by atoms with van der Waals surface area (Å²) in [6.07, 6.45) is 0.490. The number of anilines is 1. The summed E-state index contributed by atoms with van der Waals surface area (Å²) in [5.41, 5.74) is 7.21. The van der Waals surface area contributed by atoms with Crippen LogP contribution in [-0.4, -0.2) is 29.3 Å². The minimum atomic E-state index is -0.182. The number of aryl methyl sites for hydroxylation is 3. The second-order valence-electron chi connectivity index (χ2n) is 8.40. The number of para-hydroxylation sites is 1. The molecule has 1 heterocycles. The van der Waals surface area contributed by atoms with Crippen molar-refractivity contribution in [2.45, 2.75) is 39.8 Å². The fourth-order valence-electron chi connectivity index (χ4n) is 3.91. The van der Waals surface area contributed by atoms with Crippen molar-refractivity contribution in [3.05, 3.63) is 101 Å². The Kier molecular flexibility index (Phi) is 6.55. The number of carbonyl (C=O) groups excluding carboxylic acids is 1. The molecule has 1 aliphatic rings. The van der Waals surface area contributed by atoms with Crippen LogP contribution in [-0.2, 0) is 11.4 Å². The summed E-state index contributed by atoms with van der Waals surface area (Å²) in [6, 6.07) is 24.2. The molecule has 4 rings (SSSR count). The number of carbonyl (C=O) groups is 1. The molecular weight excluding hydrogens is 398 g/mol. The second-order valence-corrected chi connectivity index (χ2v) is 8.40. The van der Waals surface area contributed by atoms with Crippen molar-refractivity contribution in [3.8, 4) is 0 Å². The lowest BCUT2D eigenvalue weighted by Gasteiger charge is -2.26. The Morgan fingerprint density at radius 3 is 2.34 bits per heavy atom. The minimum absolute atomic E-state index is 0.140. The topological polar surface area (TPSA) is 53.9 Å². The first kappa shape index (κ1) is 21.6. The zero-order chi connectivity index (χ0) is 22.5. The molecule has 1 atom stereocenters. The number of hydrogen-bond donors (Lipinski definition) is 1. The monoisotopic (exact) mass is 427 g/mol. The van der Waals surface area contributed by atoms with E-state index < -0.39 is 0 Å². The van der Waals surface area contributed by atoms with Gasteiger partial charge in [0.05, 0.1) is 12.3 Å². The molecule has 0 aliphatic carbocycles. The number of nitrogens with one attached hydrogen (secondary N) is 1. The predicted octanol–water partition coefficient (Wildman–Crippen LogP) is 5.84. The van der Waals surface area contributed by atoms with Crippen LogP contribution in [0.2, 0.25) is 0 Å². The highest BCUT2D eigenvalue weighted by atomic mass is 16.6. The molecule has 0 saturated carbocycles. The molecule has 1 aliphatic heterocycles. The number of hydrogen-bond acceptors (Lipinski definition) is 3. The van der Waals surface area contributed by atoms with Gasteiger partial charge < -0.3 is 15.1 Å². The molecule has 1 unspecified atom stereocenters. The Bertz CT molecular complexity index is 1090. The molecule has 2 amide bonds. The average molecular weight is 428 g/mol. The average Bonchev–Trinajstić information content (AvgIpc) is 3.25. The van der Waals surface area contributed by atoms with E-state index in [4.69, 9.17) is 4.84 Å². The number of nitrogens with zero attached hydrogens (tertiary/aromatic N) is 2. The van der Waals surface area contributed by atoms with Crippen LogP contribution in [0.25, 0.3) is 0 Å². The third kappa shape index (κ3) is 5.17. The number of benzene rings is 3. The third-order valence-electron chi connectivity index (χ3n) is 5.76. The maximum atomic E-state index is 13.3. The van der Waals surface area contributed by atoms with Crippen LogP contribution >= 0.6 is 0 Å². The molecular formula is C27H29N3O2. The van der Waals surface area contributed by atoms with Crippen LogP contribution in [0.1, 0.15) is 34.2 Å². The lowest BCUT2D eigenvalue weighted by molar-refractivity contribution is 0.0608. The Morgan fingerprint density at radius 2 is 1.66 bits per heavy atom. The lowest BCUT2D eigenvalue weighted by atomic mass is 10.0. The number of urea groups is 1. The summed E-state index contributed by atoms with van der Waals surface area (Å²) >= 11 is 0. The Labute approximate surface area is 189 Å². The third-order valence-corrected chi connectivity index (χ3v) is 5.76. The van der Waals surface area contributed by atoms with Gasteiger partial charge in [0.25, 0.3) is 0 Å². The van der Waals surface area contributed by atoms with E-state index in [0.717, 1.165) is 33.7 Å². The zero-order valence-electron chi connectivity index (χ0n) is 18.8. The van der Waals surface area contributed by atoms with Crippen LogP contribution in [0.15, 0.2) is 78.0 Å². The van der Waals surface area contributed by atoms with E-state index in [1.165, 1.54) is 5.56 Å². The van der Waals surface area contributed by atoms with Crippen molar-refractivity contribution in [2.24, 2.45) is 5.16 Å². The summed E-state index contributed by atoms with van der Waals surface area (Å²) in [5, 5.41) is 7.42. The van der Waals surface area contributed by atoms with Gasteiger partial charge in [0.15, 0.2) is 6.10 Å². The Morgan fingerprint density at radius 1 is 0.969 bits per heavy atom. The number of amides is 2. The molecule has 0 spiro atoms. The van der Waals surface area contributed by atoms with Crippen LogP contribution < -0.4 is 5.32 Å². The van der Waals surface area contributed by atoms with Gasteiger partial charge in [-0.25, -0.2) is 4.79 Å². The van der Waals surface area contributed by atoms with Crippen molar-refractivity contribution >= 4 is 17.4 Å². The first-order chi connectivity index (χ1) is 15.5. The molecule has 0 fully saturated rings.